The molecule has 0 radical (unpaired) electrons. The van der Waals surface area contributed by atoms with E-state index < -0.39 is 0 Å². The zero-order chi connectivity index (χ0) is 17.8. The van der Waals surface area contributed by atoms with Crippen LogP contribution in [0.15, 0.2) is 29.3 Å². The molecule has 1 saturated heterocycles. The summed E-state index contributed by atoms with van der Waals surface area (Å²) in [6.45, 7) is 8.23. The second kappa shape index (κ2) is 9.78. The topological polar surface area (TPSA) is 47.9 Å². The van der Waals surface area contributed by atoms with Crippen LogP contribution in [0, 0.1) is 5.92 Å². The smallest absolute Gasteiger partial charge is 0.227 e. The van der Waals surface area contributed by atoms with E-state index in [1.165, 1.54) is 6.42 Å². The highest BCUT2D eigenvalue weighted by Crippen LogP contribution is 2.29. The average molecular weight is 491 g/mol. The molecular formula is C19H28ClIN4O. The van der Waals surface area contributed by atoms with Gasteiger partial charge >= 0.3 is 0 Å². The predicted octanol–water partition coefficient (Wildman–Crippen LogP) is 3.02. The first kappa shape index (κ1) is 21.3. The molecule has 1 aromatic carbocycles. The maximum Gasteiger partial charge on any atom is 0.227 e. The van der Waals surface area contributed by atoms with Crippen molar-refractivity contribution in [3.05, 3.63) is 34.9 Å². The van der Waals surface area contributed by atoms with Crippen molar-refractivity contribution in [2.24, 2.45) is 10.9 Å². The van der Waals surface area contributed by atoms with Crippen LogP contribution >= 0.6 is 35.6 Å². The number of piperazine rings is 1. The van der Waals surface area contributed by atoms with Gasteiger partial charge in [0.1, 0.15) is 0 Å². The number of nitrogens with zero attached hydrogens (tertiary/aromatic N) is 3. The Balaban J connectivity index is 0.00000243. The summed E-state index contributed by atoms with van der Waals surface area (Å²) in [6.07, 6.45) is 1.63. The molecule has 2 unspecified atom stereocenters. The Morgan fingerprint density at radius 1 is 1.27 bits per heavy atom. The maximum atomic E-state index is 12.5. The van der Waals surface area contributed by atoms with E-state index in [0.717, 1.165) is 50.2 Å². The Morgan fingerprint density at radius 3 is 2.50 bits per heavy atom. The largest absolute Gasteiger partial charge is 0.353 e. The van der Waals surface area contributed by atoms with Gasteiger partial charge in [0.2, 0.25) is 5.91 Å². The number of hydrogen-bond acceptors (Lipinski definition) is 2. The zero-order valence-corrected chi connectivity index (χ0v) is 18.5. The Kier molecular flexibility index (Phi) is 8.01. The summed E-state index contributed by atoms with van der Waals surface area (Å²) >= 11 is 6.00. The van der Waals surface area contributed by atoms with Crippen molar-refractivity contribution >= 4 is 47.4 Å². The fourth-order valence-electron chi connectivity index (χ4n) is 3.18. The highest BCUT2D eigenvalue weighted by molar-refractivity contribution is 14.0. The Bertz CT molecular complexity index is 646. The van der Waals surface area contributed by atoms with Gasteiger partial charge in [0.15, 0.2) is 5.96 Å². The van der Waals surface area contributed by atoms with E-state index in [1.807, 2.05) is 29.2 Å². The van der Waals surface area contributed by atoms with Crippen molar-refractivity contribution in [3.8, 4) is 0 Å². The molecule has 1 aliphatic carbocycles. The Labute approximate surface area is 178 Å². The predicted molar refractivity (Wildman–Crippen MR) is 117 cm³/mol. The number of guanidine groups is 1. The first-order chi connectivity index (χ1) is 12.1. The fraction of sp³-hybridized carbons (Fsp3) is 0.579. The van der Waals surface area contributed by atoms with E-state index in [0.29, 0.717) is 17.5 Å². The van der Waals surface area contributed by atoms with Gasteiger partial charge in [-0.15, -0.1) is 24.0 Å². The molecule has 3 rings (SSSR count). The summed E-state index contributed by atoms with van der Waals surface area (Å²) in [7, 11) is 0. The first-order valence-electron chi connectivity index (χ1n) is 9.15. The Morgan fingerprint density at radius 2 is 1.92 bits per heavy atom. The monoisotopic (exact) mass is 490 g/mol. The van der Waals surface area contributed by atoms with Gasteiger partial charge in [-0.25, -0.2) is 0 Å². The second-order valence-electron chi connectivity index (χ2n) is 6.94. The lowest BCUT2D eigenvalue weighted by Gasteiger charge is -2.36. The van der Waals surface area contributed by atoms with Gasteiger partial charge in [0.25, 0.3) is 0 Å². The molecule has 1 saturated carbocycles. The number of amides is 1. The minimum atomic E-state index is 0. The summed E-state index contributed by atoms with van der Waals surface area (Å²) in [5.74, 6) is 1.90. The van der Waals surface area contributed by atoms with Crippen LogP contribution < -0.4 is 5.32 Å². The number of halogens is 2. The quantitative estimate of drug-likeness (QED) is 0.401. The number of carbonyl (C=O) groups excluding carboxylic acids is 1. The zero-order valence-electron chi connectivity index (χ0n) is 15.4. The minimum Gasteiger partial charge on any atom is -0.353 e. The molecule has 5 nitrogen and oxygen atoms in total. The van der Waals surface area contributed by atoms with Crippen molar-refractivity contribution in [1.29, 1.82) is 0 Å². The van der Waals surface area contributed by atoms with Crippen LogP contribution in [-0.4, -0.2) is 60.4 Å². The summed E-state index contributed by atoms with van der Waals surface area (Å²) in [5, 5.41) is 4.24. The molecule has 2 fully saturated rings. The lowest BCUT2D eigenvalue weighted by atomic mass is 10.1. The maximum absolute atomic E-state index is 12.5. The molecule has 7 heteroatoms. The second-order valence-corrected chi connectivity index (χ2v) is 7.37. The highest BCUT2D eigenvalue weighted by Gasteiger charge is 2.34. The van der Waals surface area contributed by atoms with Crippen molar-refractivity contribution in [2.75, 3.05) is 32.7 Å². The molecule has 0 bridgehead atoms. The van der Waals surface area contributed by atoms with Crippen LogP contribution in [0.1, 0.15) is 25.8 Å². The molecule has 1 heterocycles. The van der Waals surface area contributed by atoms with Crippen molar-refractivity contribution in [2.45, 2.75) is 32.7 Å². The third-order valence-electron chi connectivity index (χ3n) is 4.91. The standard InChI is InChI=1S/C19H27ClN4O.HI/c1-3-21-19(22-17-11-14(17)2)24-9-7-23(8-10-24)18(25)13-15-5-4-6-16(20)12-15;/h4-6,12,14,17H,3,7-11,13H2,1-2H3,(H,21,22);1H. The van der Waals surface area contributed by atoms with Crippen LogP contribution in [0.25, 0.3) is 0 Å². The number of rotatable bonds is 4. The van der Waals surface area contributed by atoms with Gasteiger partial charge in [-0.2, -0.15) is 0 Å². The molecule has 0 spiro atoms. The SMILES string of the molecule is CCN=C(NC1CC1C)N1CCN(C(=O)Cc2cccc(Cl)c2)CC1.I. The minimum absolute atomic E-state index is 0. The van der Waals surface area contributed by atoms with E-state index in [9.17, 15) is 4.79 Å². The van der Waals surface area contributed by atoms with Crippen LogP contribution in [-0.2, 0) is 11.2 Å². The molecule has 0 aromatic heterocycles. The summed E-state index contributed by atoms with van der Waals surface area (Å²) in [4.78, 5) is 21.4. The third-order valence-corrected chi connectivity index (χ3v) is 5.14. The molecular weight excluding hydrogens is 463 g/mol. The summed E-state index contributed by atoms with van der Waals surface area (Å²) < 4.78 is 0. The lowest BCUT2D eigenvalue weighted by molar-refractivity contribution is -0.131. The fourth-order valence-corrected chi connectivity index (χ4v) is 3.39. The van der Waals surface area contributed by atoms with E-state index in [1.54, 1.807) is 0 Å². The number of nitrogens with one attached hydrogen (secondary N) is 1. The van der Waals surface area contributed by atoms with Gasteiger partial charge in [-0.05, 0) is 37.0 Å². The van der Waals surface area contributed by atoms with Gasteiger partial charge < -0.3 is 15.1 Å². The molecule has 26 heavy (non-hydrogen) atoms. The normalized spacial score (nSPS) is 22.7. The molecule has 2 aliphatic rings. The number of hydrogen-bond donors (Lipinski definition) is 1. The summed E-state index contributed by atoms with van der Waals surface area (Å²) in [5.41, 5.74) is 0.970. The van der Waals surface area contributed by atoms with Gasteiger partial charge in [-0.1, -0.05) is 30.7 Å². The van der Waals surface area contributed by atoms with Gasteiger partial charge in [0, 0.05) is 43.8 Å². The van der Waals surface area contributed by atoms with Crippen molar-refractivity contribution in [1.82, 2.24) is 15.1 Å². The van der Waals surface area contributed by atoms with Crippen molar-refractivity contribution < 1.29 is 4.79 Å². The molecule has 1 amide bonds. The highest BCUT2D eigenvalue weighted by atomic mass is 127. The van der Waals surface area contributed by atoms with Crippen LogP contribution in [0.4, 0.5) is 0 Å². The molecule has 1 aliphatic heterocycles. The van der Waals surface area contributed by atoms with Crippen LogP contribution in [0.2, 0.25) is 5.02 Å². The van der Waals surface area contributed by atoms with Crippen LogP contribution in [0.3, 0.4) is 0 Å². The molecule has 144 valence electrons. The van der Waals surface area contributed by atoms with Crippen molar-refractivity contribution in [3.63, 3.8) is 0 Å². The van der Waals surface area contributed by atoms with E-state index >= 15 is 0 Å². The van der Waals surface area contributed by atoms with Crippen LogP contribution in [0.5, 0.6) is 0 Å². The molecule has 1 N–H and O–H groups in total. The number of aliphatic imine (C=N–C) groups is 1. The van der Waals surface area contributed by atoms with Gasteiger partial charge in [-0.3, -0.25) is 9.79 Å². The van der Waals surface area contributed by atoms with E-state index in [-0.39, 0.29) is 29.9 Å². The molecule has 2 atom stereocenters. The molecule has 1 aromatic rings. The van der Waals surface area contributed by atoms with Gasteiger partial charge in [0.05, 0.1) is 6.42 Å². The number of carbonyl (C=O) groups is 1. The average Bonchev–Trinajstić information content (AvgIpc) is 3.29. The third kappa shape index (κ3) is 5.74. The Hall–Kier alpha value is -1.02. The van der Waals surface area contributed by atoms with E-state index in [2.05, 4.69) is 29.1 Å². The summed E-state index contributed by atoms with van der Waals surface area (Å²) in [6, 6.07) is 8.10. The lowest BCUT2D eigenvalue weighted by Crippen LogP contribution is -2.54. The number of benzene rings is 1. The first-order valence-corrected chi connectivity index (χ1v) is 9.52. The van der Waals surface area contributed by atoms with E-state index in [4.69, 9.17) is 11.6 Å².